The highest BCUT2D eigenvalue weighted by atomic mass is 32.1. The summed E-state index contributed by atoms with van der Waals surface area (Å²) in [5.41, 5.74) is 2.56. The van der Waals surface area contributed by atoms with Crippen molar-refractivity contribution >= 4 is 22.4 Å². The van der Waals surface area contributed by atoms with Gasteiger partial charge in [-0.2, -0.15) is 0 Å². The average Bonchev–Trinajstić information content (AvgIpc) is 3.23. The molecule has 1 aliphatic rings. The van der Waals surface area contributed by atoms with Gasteiger partial charge in [-0.3, -0.25) is 10.1 Å². The third kappa shape index (κ3) is 2.81. The fourth-order valence-corrected chi connectivity index (χ4v) is 3.03. The molecule has 1 amide bonds. The van der Waals surface area contributed by atoms with Crippen LogP contribution < -0.4 is 14.8 Å². The number of hydrogen-bond donors (Lipinski definition) is 1. The summed E-state index contributed by atoms with van der Waals surface area (Å²) < 4.78 is 10.7. The maximum atomic E-state index is 12.2. The normalized spacial score (nSPS) is 12.2. The first-order chi connectivity index (χ1) is 11.7. The summed E-state index contributed by atoms with van der Waals surface area (Å²) in [6.07, 6.45) is 0. The molecule has 1 N–H and O–H groups in total. The van der Waals surface area contributed by atoms with Crippen LogP contribution in [0.15, 0.2) is 42.5 Å². The van der Waals surface area contributed by atoms with Crippen molar-refractivity contribution in [3.05, 3.63) is 53.6 Å². The van der Waals surface area contributed by atoms with E-state index in [0.29, 0.717) is 21.5 Å². The average molecular weight is 339 g/mol. The molecule has 0 unspecified atom stereocenters. The summed E-state index contributed by atoms with van der Waals surface area (Å²) >= 11 is 1.31. The molecule has 2 heterocycles. The van der Waals surface area contributed by atoms with Crippen LogP contribution in [0.3, 0.4) is 0 Å². The molecule has 0 aliphatic carbocycles. The molecule has 1 aliphatic heterocycles. The summed E-state index contributed by atoms with van der Waals surface area (Å²) in [4.78, 5) is 12.2. The van der Waals surface area contributed by atoms with E-state index >= 15 is 0 Å². The molecular weight excluding hydrogens is 326 g/mol. The number of anilines is 1. The Balaban J connectivity index is 1.52. The van der Waals surface area contributed by atoms with Crippen LogP contribution in [0.5, 0.6) is 11.5 Å². The van der Waals surface area contributed by atoms with Crippen LogP contribution in [0.2, 0.25) is 0 Å². The minimum atomic E-state index is -0.205. The molecule has 120 valence electrons. The predicted molar refractivity (Wildman–Crippen MR) is 90.6 cm³/mol. The van der Waals surface area contributed by atoms with E-state index in [4.69, 9.17) is 9.47 Å². The lowest BCUT2D eigenvalue weighted by molar-refractivity contribution is 0.102. The number of amides is 1. The number of rotatable bonds is 3. The topological polar surface area (TPSA) is 73.3 Å². The molecule has 4 rings (SSSR count). The zero-order chi connectivity index (χ0) is 16.5. The summed E-state index contributed by atoms with van der Waals surface area (Å²) in [5, 5.41) is 12.1. The molecule has 0 saturated carbocycles. The van der Waals surface area contributed by atoms with Gasteiger partial charge in [0.15, 0.2) is 11.5 Å². The molecule has 24 heavy (non-hydrogen) atoms. The zero-order valence-electron chi connectivity index (χ0n) is 12.8. The standard InChI is InChI=1S/C17H13N3O3S/c1-10-2-4-11(5-3-10)15(21)18-17-20-19-16(24-17)12-6-7-13-14(8-12)23-9-22-13/h2-8H,9H2,1H3,(H,18,20,21). The number of carbonyl (C=O) groups excluding carboxylic acids is 1. The first-order valence-electron chi connectivity index (χ1n) is 7.30. The number of hydrogen-bond acceptors (Lipinski definition) is 6. The van der Waals surface area contributed by atoms with Crippen molar-refractivity contribution < 1.29 is 14.3 Å². The molecule has 0 atom stereocenters. The first kappa shape index (κ1) is 14.6. The Morgan fingerprint density at radius 1 is 1.08 bits per heavy atom. The fraction of sp³-hybridized carbons (Fsp3) is 0.118. The molecule has 2 aromatic carbocycles. The maximum absolute atomic E-state index is 12.2. The van der Waals surface area contributed by atoms with Gasteiger partial charge in [-0.15, -0.1) is 10.2 Å². The summed E-state index contributed by atoms with van der Waals surface area (Å²) in [7, 11) is 0. The summed E-state index contributed by atoms with van der Waals surface area (Å²) in [6.45, 7) is 2.21. The summed E-state index contributed by atoms with van der Waals surface area (Å²) in [6, 6.07) is 12.9. The van der Waals surface area contributed by atoms with Crippen LogP contribution in [0.4, 0.5) is 5.13 Å². The number of ether oxygens (including phenoxy) is 2. The largest absolute Gasteiger partial charge is 0.454 e. The van der Waals surface area contributed by atoms with Crippen molar-refractivity contribution in [1.29, 1.82) is 0 Å². The highest BCUT2D eigenvalue weighted by molar-refractivity contribution is 7.18. The lowest BCUT2D eigenvalue weighted by atomic mass is 10.1. The Morgan fingerprint density at radius 3 is 2.71 bits per heavy atom. The summed E-state index contributed by atoms with van der Waals surface area (Å²) in [5.74, 6) is 1.20. The second kappa shape index (κ2) is 5.93. The number of nitrogens with zero attached hydrogens (tertiary/aromatic N) is 2. The lowest BCUT2D eigenvalue weighted by Gasteiger charge is -2.01. The Kier molecular flexibility index (Phi) is 3.62. The van der Waals surface area contributed by atoms with Gasteiger partial charge in [0.05, 0.1) is 0 Å². The molecule has 6 nitrogen and oxygen atoms in total. The molecule has 0 fully saturated rings. The number of aryl methyl sites for hydroxylation is 1. The van der Waals surface area contributed by atoms with Crippen LogP contribution in [-0.2, 0) is 0 Å². The van der Waals surface area contributed by atoms with E-state index in [1.807, 2.05) is 37.3 Å². The van der Waals surface area contributed by atoms with Crippen molar-refractivity contribution in [2.24, 2.45) is 0 Å². The molecule has 0 radical (unpaired) electrons. The van der Waals surface area contributed by atoms with Gasteiger partial charge in [0.1, 0.15) is 5.01 Å². The third-order valence-corrected chi connectivity index (χ3v) is 4.47. The number of fused-ring (bicyclic) bond motifs is 1. The number of benzene rings is 2. The highest BCUT2D eigenvalue weighted by Gasteiger charge is 2.16. The maximum Gasteiger partial charge on any atom is 0.257 e. The van der Waals surface area contributed by atoms with Crippen LogP contribution in [-0.4, -0.2) is 22.9 Å². The van der Waals surface area contributed by atoms with Crippen molar-refractivity contribution in [1.82, 2.24) is 10.2 Å². The van der Waals surface area contributed by atoms with Crippen molar-refractivity contribution in [2.75, 3.05) is 12.1 Å². The van der Waals surface area contributed by atoms with Crippen LogP contribution in [0.25, 0.3) is 10.6 Å². The van der Waals surface area contributed by atoms with E-state index in [2.05, 4.69) is 15.5 Å². The van der Waals surface area contributed by atoms with E-state index in [9.17, 15) is 4.79 Å². The van der Waals surface area contributed by atoms with Gasteiger partial charge in [-0.05, 0) is 37.3 Å². The van der Waals surface area contributed by atoms with Gasteiger partial charge in [0, 0.05) is 11.1 Å². The highest BCUT2D eigenvalue weighted by Crippen LogP contribution is 2.37. The molecular formula is C17H13N3O3S. The van der Waals surface area contributed by atoms with E-state index in [0.717, 1.165) is 16.9 Å². The number of carbonyl (C=O) groups is 1. The van der Waals surface area contributed by atoms with Gasteiger partial charge < -0.3 is 9.47 Å². The molecule has 0 spiro atoms. The Morgan fingerprint density at radius 2 is 1.88 bits per heavy atom. The van der Waals surface area contributed by atoms with Gasteiger partial charge in [-0.1, -0.05) is 29.0 Å². The fourth-order valence-electron chi connectivity index (χ4n) is 2.29. The smallest absolute Gasteiger partial charge is 0.257 e. The van der Waals surface area contributed by atoms with Crippen LogP contribution >= 0.6 is 11.3 Å². The number of aromatic nitrogens is 2. The van der Waals surface area contributed by atoms with Crippen LogP contribution in [0.1, 0.15) is 15.9 Å². The van der Waals surface area contributed by atoms with Crippen molar-refractivity contribution in [3.63, 3.8) is 0 Å². The Labute approximate surface area is 142 Å². The SMILES string of the molecule is Cc1ccc(C(=O)Nc2nnc(-c3ccc4c(c3)OCO4)s2)cc1. The molecule has 0 saturated heterocycles. The van der Waals surface area contributed by atoms with E-state index in [1.165, 1.54) is 11.3 Å². The number of nitrogens with one attached hydrogen (secondary N) is 1. The molecule has 1 aromatic heterocycles. The molecule has 3 aromatic rings. The van der Waals surface area contributed by atoms with E-state index in [1.54, 1.807) is 12.1 Å². The first-order valence-corrected chi connectivity index (χ1v) is 8.12. The minimum Gasteiger partial charge on any atom is -0.454 e. The predicted octanol–water partition coefficient (Wildman–Crippen LogP) is 3.49. The second-order valence-corrected chi connectivity index (χ2v) is 6.28. The van der Waals surface area contributed by atoms with E-state index in [-0.39, 0.29) is 12.7 Å². The van der Waals surface area contributed by atoms with Crippen molar-refractivity contribution in [3.8, 4) is 22.1 Å². The lowest BCUT2D eigenvalue weighted by Crippen LogP contribution is -2.11. The van der Waals surface area contributed by atoms with Crippen molar-refractivity contribution in [2.45, 2.75) is 6.92 Å². The second-order valence-electron chi connectivity index (χ2n) is 5.30. The monoisotopic (exact) mass is 339 g/mol. The van der Waals surface area contributed by atoms with Gasteiger partial charge in [0.2, 0.25) is 11.9 Å². The Hall–Kier alpha value is -2.93. The quantitative estimate of drug-likeness (QED) is 0.791. The van der Waals surface area contributed by atoms with Crippen LogP contribution in [0, 0.1) is 6.92 Å². The Bertz CT molecular complexity index is 906. The van der Waals surface area contributed by atoms with E-state index < -0.39 is 0 Å². The minimum absolute atomic E-state index is 0.205. The zero-order valence-corrected chi connectivity index (χ0v) is 13.6. The molecule has 0 bridgehead atoms. The molecule has 7 heteroatoms. The van der Waals surface area contributed by atoms with Gasteiger partial charge in [-0.25, -0.2) is 0 Å². The third-order valence-electron chi connectivity index (χ3n) is 3.58. The van der Waals surface area contributed by atoms with Gasteiger partial charge in [0.25, 0.3) is 5.91 Å². The van der Waals surface area contributed by atoms with Gasteiger partial charge >= 0.3 is 0 Å².